The fourth-order valence-corrected chi connectivity index (χ4v) is 2.89. The highest BCUT2D eigenvalue weighted by atomic mass is 16.1. The number of rotatable bonds is 4. The molecule has 1 aliphatic carbocycles. The molecule has 5 nitrogen and oxygen atoms in total. The number of carbonyl (C=O) groups excluding carboxylic acids is 1. The summed E-state index contributed by atoms with van der Waals surface area (Å²) < 4.78 is 0. The molecule has 0 saturated heterocycles. The molecule has 3 rings (SSSR count). The Morgan fingerprint density at radius 1 is 1.38 bits per heavy atom. The highest BCUT2D eigenvalue weighted by molar-refractivity contribution is 5.91. The van der Waals surface area contributed by atoms with Crippen LogP contribution in [-0.4, -0.2) is 21.1 Å². The minimum absolute atomic E-state index is 0.0856. The number of hydrogen-bond donors (Lipinski definition) is 2. The lowest BCUT2D eigenvalue weighted by Crippen LogP contribution is -2.15. The van der Waals surface area contributed by atoms with Crippen LogP contribution in [0.25, 0.3) is 0 Å². The van der Waals surface area contributed by atoms with Crippen LogP contribution in [-0.2, 0) is 11.2 Å². The van der Waals surface area contributed by atoms with Crippen LogP contribution in [0.2, 0.25) is 0 Å². The standard InChI is InChI=1S/C16H20N4O/c1-11-6-7-17-13(8-11)9-16(21)18-15-10-14(19-20-15)12-4-2-3-5-12/h6-8,10,12H,2-5,9H2,1H3,(H2,18,19,20,21). The number of aromatic nitrogens is 3. The molecule has 1 aliphatic rings. The van der Waals surface area contributed by atoms with E-state index in [2.05, 4.69) is 20.5 Å². The number of H-pyrrole nitrogens is 1. The summed E-state index contributed by atoms with van der Waals surface area (Å²) in [6, 6.07) is 5.80. The van der Waals surface area contributed by atoms with E-state index < -0.39 is 0 Å². The molecule has 0 aromatic carbocycles. The molecular formula is C16H20N4O. The van der Waals surface area contributed by atoms with E-state index in [-0.39, 0.29) is 12.3 Å². The van der Waals surface area contributed by atoms with Gasteiger partial charge >= 0.3 is 0 Å². The monoisotopic (exact) mass is 284 g/mol. The fourth-order valence-electron chi connectivity index (χ4n) is 2.89. The smallest absolute Gasteiger partial charge is 0.231 e. The second kappa shape index (κ2) is 6.08. The highest BCUT2D eigenvalue weighted by Gasteiger charge is 2.19. The summed E-state index contributed by atoms with van der Waals surface area (Å²) in [5, 5.41) is 10.1. The third kappa shape index (κ3) is 3.48. The lowest BCUT2D eigenvalue weighted by Gasteiger charge is -2.04. The summed E-state index contributed by atoms with van der Waals surface area (Å²) in [6.07, 6.45) is 6.98. The van der Waals surface area contributed by atoms with Gasteiger partial charge in [-0.3, -0.25) is 14.9 Å². The molecule has 21 heavy (non-hydrogen) atoms. The lowest BCUT2D eigenvalue weighted by molar-refractivity contribution is -0.115. The zero-order valence-electron chi connectivity index (χ0n) is 12.2. The van der Waals surface area contributed by atoms with Gasteiger partial charge in [0.05, 0.1) is 6.42 Å². The van der Waals surface area contributed by atoms with Gasteiger partial charge in [0.15, 0.2) is 5.82 Å². The number of pyridine rings is 1. The summed E-state index contributed by atoms with van der Waals surface area (Å²) in [4.78, 5) is 16.2. The Kier molecular flexibility index (Phi) is 3.99. The van der Waals surface area contributed by atoms with Crippen molar-refractivity contribution < 1.29 is 4.79 Å². The zero-order valence-corrected chi connectivity index (χ0v) is 12.2. The SMILES string of the molecule is Cc1ccnc(CC(=O)Nc2cc(C3CCCC3)[nH]n2)c1. The first-order valence-corrected chi connectivity index (χ1v) is 7.47. The van der Waals surface area contributed by atoms with E-state index in [1.54, 1.807) is 6.20 Å². The second-order valence-electron chi connectivity index (χ2n) is 5.74. The average Bonchev–Trinajstić information content (AvgIpc) is 3.08. The van der Waals surface area contributed by atoms with Gasteiger partial charge in [0.1, 0.15) is 0 Å². The number of carbonyl (C=O) groups is 1. The molecule has 5 heteroatoms. The maximum Gasteiger partial charge on any atom is 0.231 e. The molecule has 2 heterocycles. The number of amides is 1. The number of nitrogens with zero attached hydrogens (tertiary/aromatic N) is 2. The van der Waals surface area contributed by atoms with Crippen LogP contribution in [0.1, 0.15) is 48.6 Å². The van der Waals surface area contributed by atoms with Crippen LogP contribution in [0.4, 0.5) is 5.82 Å². The molecule has 0 aliphatic heterocycles. The van der Waals surface area contributed by atoms with Crippen LogP contribution in [0.15, 0.2) is 24.4 Å². The van der Waals surface area contributed by atoms with Gasteiger partial charge in [-0.1, -0.05) is 12.8 Å². The second-order valence-corrected chi connectivity index (χ2v) is 5.74. The summed E-state index contributed by atoms with van der Waals surface area (Å²) >= 11 is 0. The first-order chi connectivity index (χ1) is 10.2. The van der Waals surface area contributed by atoms with Gasteiger partial charge in [-0.15, -0.1) is 0 Å². The molecule has 0 unspecified atom stereocenters. The molecule has 2 N–H and O–H groups in total. The number of anilines is 1. The van der Waals surface area contributed by atoms with E-state index in [1.807, 2.05) is 25.1 Å². The van der Waals surface area contributed by atoms with Crippen LogP contribution >= 0.6 is 0 Å². The summed E-state index contributed by atoms with van der Waals surface area (Å²) in [5.74, 6) is 1.09. The third-order valence-electron chi connectivity index (χ3n) is 3.97. The number of hydrogen-bond acceptors (Lipinski definition) is 3. The molecule has 2 aromatic rings. The van der Waals surface area contributed by atoms with E-state index >= 15 is 0 Å². The Labute approximate surface area is 124 Å². The summed E-state index contributed by atoms with van der Waals surface area (Å²) in [5.41, 5.74) is 3.02. The Hall–Kier alpha value is -2.17. The van der Waals surface area contributed by atoms with E-state index in [0.29, 0.717) is 11.7 Å². The lowest BCUT2D eigenvalue weighted by atomic mass is 10.0. The van der Waals surface area contributed by atoms with E-state index in [4.69, 9.17) is 0 Å². The van der Waals surface area contributed by atoms with Crippen molar-refractivity contribution >= 4 is 11.7 Å². The maximum atomic E-state index is 12.0. The van der Waals surface area contributed by atoms with Gasteiger partial charge in [-0.25, -0.2) is 0 Å². The molecule has 0 spiro atoms. The normalized spacial score (nSPS) is 15.3. The predicted octanol–water partition coefficient (Wildman–Crippen LogP) is 2.95. The molecule has 2 aromatic heterocycles. The van der Waals surface area contributed by atoms with E-state index in [1.165, 1.54) is 25.7 Å². The van der Waals surface area contributed by atoms with Crippen molar-refractivity contribution in [3.05, 3.63) is 41.3 Å². The third-order valence-corrected chi connectivity index (χ3v) is 3.97. The molecule has 0 atom stereocenters. The van der Waals surface area contributed by atoms with Crippen molar-refractivity contribution in [1.29, 1.82) is 0 Å². The number of aryl methyl sites for hydroxylation is 1. The van der Waals surface area contributed by atoms with Crippen molar-refractivity contribution in [2.75, 3.05) is 5.32 Å². The molecule has 0 radical (unpaired) electrons. The van der Waals surface area contributed by atoms with E-state index in [0.717, 1.165) is 17.0 Å². The highest BCUT2D eigenvalue weighted by Crippen LogP contribution is 2.33. The van der Waals surface area contributed by atoms with Gasteiger partial charge in [0, 0.05) is 29.6 Å². The minimum Gasteiger partial charge on any atom is -0.309 e. The molecular weight excluding hydrogens is 264 g/mol. The Balaban J connectivity index is 1.59. The quantitative estimate of drug-likeness (QED) is 0.906. The average molecular weight is 284 g/mol. The first kappa shape index (κ1) is 13.8. The van der Waals surface area contributed by atoms with E-state index in [9.17, 15) is 4.79 Å². The van der Waals surface area contributed by atoms with Crippen LogP contribution in [0.3, 0.4) is 0 Å². The maximum absolute atomic E-state index is 12.0. The van der Waals surface area contributed by atoms with Gasteiger partial charge in [-0.05, 0) is 37.5 Å². The van der Waals surface area contributed by atoms with Crippen LogP contribution < -0.4 is 5.32 Å². The molecule has 110 valence electrons. The Morgan fingerprint density at radius 3 is 2.95 bits per heavy atom. The zero-order chi connectivity index (χ0) is 14.7. The summed E-state index contributed by atoms with van der Waals surface area (Å²) in [7, 11) is 0. The topological polar surface area (TPSA) is 70.7 Å². The Bertz CT molecular complexity index is 629. The number of nitrogens with one attached hydrogen (secondary N) is 2. The minimum atomic E-state index is -0.0856. The fraction of sp³-hybridized carbons (Fsp3) is 0.438. The molecule has 1 fully saturated rings. The van der Waals surface area contributed by atoms with Gasteiger partial charge in [-0.2, -0.15) is 5.10 Å². The number of aromatic amines is 1. The van der Waals surface area contributed by atoms with Crippen molar-refractivity contribution in [1.82, 2.24) is 15.2 Å². The van der Waals surface area contributed by atoms with Crippen molar-refractivity contribution in [3.8, 4) is 0 Å². The first-order valence-electron chi connectivity index (χ1n) is 7.47. The Morgan fingerprint density at radius 2 is 2.19 bits per heavy atom. The van der Waals surface area contributed by atoms with Crippen molar-refractivity contribution in [2.45, 2.75) is 44.9 Å². The van der Waals surface area contributed by atoms with Gasteiger partial charge < -0.3 is 5.32 Å². The molecule has 1 saturated carbocycles. The van der Waals surface area contributed by atoms with Crippen molar-refractivity contribution in [2.24, 2.45) is 0 Å². The molecule has 0 bridgehead atoms. The summed E-state index contributed by atoms with van der Waals surface area (Å²) in [6.45, 7) is 1.99. The largest absolute Gasteiger partial charge is 0.309 e. The van der Waals surface area contributed by atoms with Crippen LogP contribution in [0.5, 0.6) is 0 Å². The molecule has 1 amide bonds. The van der Waals surface area contributed by atoms with Gasteiger partial charge in [0.2, 0.25) is 5.91 Å². The van der Waals surface area contributed by atoms with Crippen LogP contribution in [0, 0.1) is 6.92 Å². The van der Waals surface area contributed by atoms with Crippen molar-refractivity contribution in [3.63, 3.8) is 0 Å². The van der Waals surface area contributed by atoms with Gasteiger partial charge in [0.25, 0.3) is 0 Å². The predicted molar refractivity (Wildman–Crippen MR) is 81.1 cm³/mol.